The van der Waals surface area contributed by atoms with E-state index in [0.29, 0.717) is 10.6 Å². The van der Waals surface area contributed by atoms with Gasteiger partial charge in [0.15, 0.2) is 9.84 Å². The Bertz CT molecular complexity index is 370. The molecule has 1 rings (SSSR count). The van der Waals surface area contributed by atoms with Crippen LogP contribution in [0, 0.1) is 6.26 Å². The molecule has 1 radical (unpaired) electrons. The maximum absolute atomic E-state index is 10.8. The molecule has 4 heteroatoms. The standard InChI is InChI=1S/C8H8ClO2S/c1-12(10,11)6-7-3-2-4-8(9)5-7/h2-5H,1,6H2. The zero-order valence-electron chi connectivity index (χ0n) is 6.33. The number of hydrogen-bond donors (Lipinski definition) is 0. The highest BCUT2D eigenvalue weighted by Gasteiger charge is 2.03. The molecular weight excluding hydrogens is 196 g/mol. The fourth-order valence-corrected chi connectivity index (χ4v) is 1.78. The molecule has 2 nitrogen and oxygen atoms in total. The molecule has 1 aromatic rings. The van der Waals surface area contributed by atoms with Crippen LogP contribution >= 0.6 is 11.6 Å². The van der Waals surface area contributed by atoms with Crippen molar-refractivity contribution < 1.29 is 8.42 Å². The Morgan fingerprint density at radius 1 is 1.42 bits per heavy atom. The minimum Gasteiger partial charge on any atom is -0.228 e. The largest absolute Gasteiger partial charge is 0.228 e. The zero-order valence-corrected chi connectivity index (χ0v) is 7.90. The summed E-state index contributed by atoms with van der Waals surface area (Å²) in [5.41, 5.74) is 0.664. The van der Waals surface area contributed by atoms with Crippen LogP contribution < -0.4 is 0 Å². The van der Waals surface area contributed by atoms with E-state index in [1.54, 1.807) is 24.3 Å². The van der Waals surface area contributed by atoms with E-state index in [2.05, 4.69) is 6.26 Å². The molecule has 0 N–H and O–H groups in total. The summed E-state index contributed by atoms with van der Waals surface area (Å²) in [5, 5.41) is 0.538. The molecule has 0 spiro atoms. The lowest BCUT2D eigenvalue weighted by molar-refractivity contribution is 0.603. The summed E-state index contributed by atoms with van der Waals surface area (Å²) in [6.07, 6.45) is 3.02. The van der Waals surface area contributed by atoms with Gasteiger partial charge in [-0.15, -0.1) is 0 Å². The molecule has 0 aromatic heterocycles. The molecule has 0 aliphatic carbocycles. The van der Waals surface area contributed by atoms with Gasteiger partial charge in [0, 0.05) is 5.02 Å². The third-order valence-corrected chi connectivity index (χ3v) is 2.28. The molecule has 0 saturated carbocycles. The Kier molecular flexibility index (Phi) is 2.75. The van der Waals surface area contributed by atoms with Gasteiger partial charge in [0.05, 0.1) is 12.0 Å². The van der Waals surface area contributed by atoms with Crippen molar-refractivity contribution in [2.24, 2.45) is 0 Å². The normalized spacial score (nSPS) is 11.5. The minimum atomic E-state index is -3.20. The van der Waals surface area contributed by atoms with Gasteiger partial charge in [-0.1, -0.05) is 23.7 Å². The van der Waals surface area contributed by atoms with Crippen LogP contribution in [0.3, 0.4) is 0 Å². The maximum atomic E-state index is 10.8. The van der Waals surface area contributed by atoms with Crippen molar-refractivity contribution in [3.8, 4) is 0 Å². The lowest BCUT2D eigenvalue weighted by Gasteiger charge is -1.98. The predicted octanol–water partition coefficient (Wildman–Crippen LogP) is 2.05. The molecule has 0 atom stereocenters. The number of halogens is 1. The van der Waals surface area contributed by atoms with E-state index in [-0.39, 0.29) is 5.75 Å². The molecule has 0 bridgehead atoms. The molecule has 0 unspecified atom stereocenters. The molecule has 0 saturated heterocycles. The highest BCUT2D eigenvalue weighted by molar-refractivity contribution is 7.91. The molecule has 0 aliphatic heterocycles. The van der Waals surface area contributed by atoms with Crippen molar-refractivity contribution in [1.29, 1.82) is 0 Å². The minimum absolute atomic E-state index is 0.0619. The van der Waals surface area contributed by atoms with Crippen LogP contribution in [0.4, 0.5) is 0 Å². The average molecular weight is 204 g/mol. The van der Waals surface area contributed by atoms with E-state index in [9.17, 15) is 8.42 Å². The van der Waals surface area contributed by atoms with Crippen molar-refractivity contribution in [2.45, 2.75) is 5.75 Å². The first-order valence-electron chi connectivity index (χ1n) is 3.27. The molecule has 0 fully saturated rings. The van der Waals surface area contributed by atoms with Crippen molar-refractivity contribution in [2.75, 3.05) is 0 Å². The predicted molar refractivity (Wildman–Crippen MR) is 49.4 cm³/mol. The van der Waals surface area contributed by atoms with Crippen molar-refractivity contribution >= 4 is 21.4 Å². The second-order valence-corrected chi connectivity index (χ2v) is 4.73. The molecule has 0 aliphatic rings. The van der Waals surface area contributed by atoms with E-state index >= 15 is 0 Å². The number of benzene rings is 1. The number of rotatable bonds is 2. The zero-order chi connectivity index (χ0) is 9.19. The first-order valence-corrected chi connectivity index (χ1v) is 5.47. The van der Waals surface area contributed by atoms with Crippen LogP contribution in [0.5, 0.6) is 0 Å². The van der Waals surface area contributed by atoms with Crippen LogP contribution in [-0.2, 0) is 15.6 Å². The smallest absolute Gasteiger partial charge is 0.155 e. The fraction of sp³-hybridized carbons (Fsp3) is 0.125. The van der Waals surface area contributed by atoms with Gasteiger partial charge in [0.1, 0.15) is 0 Å². The first-order chi connectivity index (χ1) is 5.47. The van der Waals surface area contributed by atoms with Gasteiger partial charge in [0.2, 0.25) is 0 Å². The Morgan fingerprint density at radius 2 is 2.08 bits per heavy atom. The monoisotopic (exact) mass is 203 g/mol. The van der Waals surface area contributed by atoms with Crippen molar-refractivity contribution in [3.63, 3.8) is 0 Å². The highest BCUT2D eigenvalue weighted by Crippen LogP contribution is 2.12. The van der Waals surface area contributed by atoms with Gasteiger partial charge in [-0.2, -0.15) is 0 Å². The third-order valence-electron chi connectivity index (χ3n) is 1.28. The number of hydrogen-bond acceptors (Lipinski definition) is 2. The van der Waals surface area contributed by atoms with Crippen molar-refractivity contribution in [1.82, 2.24) is 0 Å². The summed E-state index contributed by atoms with van der Waals surface area (Å²) in [6, 6.07) is 6.72. The number of sulfone groups is 1. The molecule has 65 valence electrons. The molecule has 0 amide bonds. The summed E-state index contributed by atoms with van der Waals surface area (Å²) in [7, 11) is -3.20. The Balaban J connectivity index is 2.91. The Labute approximate surface area is 77.1 Å². The highest BCUT2D eigenvalue weighted by atomic mass is 35.5. The molecule has 12 heavy (non-hydrogen) atoms. The van der Waals surface area contributed by atoms with Crippen LogP contribution in [0.25, 0.3) is 0 Å². The second-order valence-electron chi connectivity index (χ2n) is 2.52. The van der Waals surface area contributed by atoms with Gasteiger partial charge < -0.3 is 0 Å². The van der Waals surface area contributed by atoms with E-state index in [1.165, 1.54) is 0 Å². The van der Waals surface area contributed by atoms with E-state index in [0.717, 1.165) is 0 Å². The summed E-state index contributed by atoms with van der Waals surface area (Å²) < 4.78 is 21.5. The molecule has 0 heterocycles. The van der Waals surface area contributed by atoms with Crippen LogP contribution in [0.2, 0.25) is 5.02 Å². The van der Waals surface area contributed by atoms with Crippen molar-refractivity contribution in [3.05, 3.63) is 41.1 Å². The maximum Gasteiger partial charge on any atom is 0.155 e. The van der Waals surface area contributed by atoms with Crippen LogP contribution in [-0.4, -0.2) is 8.42 Å². The van der Waals surface area contributed by atoms with E-state index in [4.69, 9.17) is 11.6 Å². The fourth-order valence-electron chi connectivity index (χ4n) is 0.881. The molecule has 1 aromatic carbocycles. The lowest BCUT2D eigenvalue weighted by Crippen LogP contribution is -1.97. The SMILES string of the molecule is [CH2]S(=O)(=O)Cc1cccc(Cl)c1. The quantitative estimate of drug-likeness (QED) is 0.737. The summed E-state index contributed by atoms with van der Waals surface area (Å²) in [5.74, 6) is -0.0619. The molecular formula is C8H8ClO2S. The van der Waals surface area contributed by atoms with Crippen LogP contribution in [0.15, 0.2) is 24.3 Å². The summed E-state index contributed by atoms with van der Waals surface area (Å²) in [4.78, 5) is 0. The van der Waals surface area contributed by atoms with Gasteiger partial charge in [-0.3, -0.25) is 0 Å². The third kappa shape index (κ3) is 3.24. The lowest BCUT2D eigenvalue weighted by atomic mass is 10.2. The summed E-state index contributed by atoms with van der Waals surface area (Å²) >= 11 is 5.66. The Morgan fingerprint density at radius 3 is 2.58 bits per heavy atom. The second kappa shape index (κ2) is 3.46. The summed E-state index contributed by atoms with van der Waals surface area (Å²) in [6.45, 7) is 0. The van der Waals surface area contributed by atoms with Crippen LogP contribution in [0.1, 0.15) is 5.56 Å². The topological polar surface area (TPSA) is 34.1 Å². The Hall–Kier alpha value is -0.540. The van der Waals surface area contributed by atoms with Gasteiger partial charge in [0.25, 0.3) is 0 Å². The van der Waals surface area contributed by atoms with Gasteiger partial charge in [-0.25, -0.2) is 8.42 Å². The average Bonchev–Trinajstić information content (AvgIpc) is 1.82. The first kappa shape index (κ1) is 9.55. The van der Waals surface area contributed by atoms with E-state index in [1.807, 2.05) is 0 Å². The van der Waals surface area contributed by atoms with E-state index < -0.39 is 9.84 Å². The van der Waals surface area contributed by atoms with Gasteiger partial charge in [-0.05, 0) is 17.7 Å². The van der Waals surface area contributed by atoms with Gasteiger partial charge >= 0.3 is 0 Å².